The first-order valence-corrected chi connectivity index (χ1v) is 14.0. The molecule has 2 aliphatic heterocycles. The number of rotatable bonds is 8. The molecule has 3 heterocycles. The van der Waals surface area contributed by atoms with Crippen LogP contribution in [0.2, 0.25) is 0 Å². The predicted molar refractivity (Wildman–Crippen MR) is 155 cm³/mol. The minimum absolute atomic E-state index is 0.139. The number of amides is 2. The van der Waals surface area contributed by atoms with Crippen molar-refractivity contribution in [1.82, 2.24) is 20.2 Å². The van der Waals surface area contributed by atoms with E-state index >= 15 is 0 Å². The average molecular weight is 544 g/mol. The van der Waals surface area contributed by atoms with Gasteiger partial charge in [0.25, 0.3) is 0 Å². The van der Waals surface area contributed by atoms with Crippen molar-refractivity contribution in [2.75, 3.05) is 23.7 Å². The molecular weight excluding hydrogens is 506 g/mol. The van der Waals surface area contributed by atoms with Crippen LogP contribution in [0.5, 0.6) is 0 Å². The van der Waals surface area contributed by atoms with E-state index in [1.807, 2.05) is 33.1 Å². The second-order valence-corrected chi connectivity index (χ2v) is 11.4. The zero-order chi connectivity index (χ0) is 28.1. The van der Waals surface area contributed by atoms with Crippen LogP contribution in [0.25, 0.3) is 0 Å². The number of nitrogens with one attached hydrogen (secondary N) is 3. The number of hydrogen-bond donors (Lipinski definition) is 3. The average Bonchev–Trinajstić information content (AvgIpc) is 3.37. The van der Waals surface area contributed by atoms with Crippen molar-refractivity contribution in [2.24, 2.45) is 4.99 Å². The molecule has 1 saturated carbocycles. The van der Waals surface area contributed by atoms with Crippen molar-refractivity contribution < 1.29 is 14.3 Å². The van der Waals surface area contributed by atoms with Crippen molar-refractivity contribution in [3.63, 3.8) is 0 Å². The highest BCUT2D eigenvalue weighted by Crippen LogP contribution is 2.27. The fourth-order valence-electron chi connectivity index (χ4n) is 4.62. The van der Waals surface area contributed by atoms with E-state index in [1.54, 1.807) is 6.20 Å². The van der Waals surface area contributed by atoms with Gasteiger partial charge in [-0.25, -0.2) is 9.78 Å². The number of nitrogens with zero attached hydrogens (tertiary/aromatic N) is 4. The van der Waals surface area contributed by atoms with Gasteiger partial charge in [-0.3, -0.25) is 14.7 Å². The first kappa shape index (κ1) is 27.4. The number of carbonyl (C=O) groups is 2. The van der Waals surface area contributed by atoms with E-state index < -0.39 is 17.7 Å². The molecule has 3 aliphatic rings. The Labute approximate surface area is 235 Å². The minimum atomic E-state index is -0.590. The number of likely N-dealkylation sites (tertiary alicyclic amines) is 1. The molecule has 0 unspecified atom stereocenters. The predicted octanol–water partition coefficient (Wildman–Crippen LogP) is 4.37. The lowest BCUT2D eigenvalue weighted by atomic mass is 10.1. The third-order valence-electron chi connectivity index (χ3n) is 6.79. The molecule has 2 aromatic rings. The van der Waals surface area contributed by atoms with E-state index in [9.17, 15) is 9.59 Å². The van der Waals surface area contributed by atoms with Gasteiger partial charge < -0.3 is 20.7 Å². The number of carbonyl (C=O) groups excluding carboxylic acids is 2. The van der Waals surface area contributed by atoms with Gasteiger partial charge in [-0.15, -0.1) is 0 Å². The van der Waals surface area contributed by atoms with Crippen LogP contribution < -0.4 is 16.0 Å². The second kappa shape index (κ2) is 11.9. The summed E-state index contributed by atoms with van der Waals surface area (Å²) in [5.74, 6) is 7.48. The zero-order valence-corrected chi connectivity index (χ0v) is 23.4. The zero-order valence-electron chi connectivity index (χ0n) is 23.4. The van der Waals surface area contributed by atoms with Crippen LogP contribution in [0.3, 0.4) is 0 Å². The van der Waals surface area contributed by atoms with Crippen molar-refractivity contribution >= 4 is 35.7 Å². The summed E-state index contributed by atoms with van der Waals surface area (Å²) < 4.78 is 5.46. The van der Waals surface area contributed by atoms with Crippen LogP contribution >= 0.6 is 0 Å². The van der Waals surface area contributed by atoms with E-state index in [-0.39, 0.29) is 5.91 Å². The van der Waals surface area contributed by atoms with Crippen LogP contribution in [-0.4, -0.2) is 63.9 Å². The van der Waals surface area contributed by atoms with Crippen LogP contribution in [-0.2, 0) is 16.1 Å². The van der Waals surface area contributed by atoms with Gasteiger partial charge in [0.2, 0.25) is 11.9 Å². The maximum Gasteiger partial charge on any atom is 0.410 e. The Balaban J connectivity index is 1.12. The molecule has 2 amide bonds. The smallest absolute Gasteiger partial charge is 0.410 e. The molecule has 40 heavy (non-hydrogen) atoms. The Kier molecular flexibility index (Phi) is 8.19. The Bertz CT molecular complexity index is 1350. The van der Waals surface area contributed by atoms with Gasteiger partial charge in [-0.2, -0.15) is 4.98 Å². The maximum absolute atomic E-state index is 12.7. The van der Waals surface area contributed by atoms with Crippen molar-refractivity contribution in [3.05, 3.63) is 41.1 Å². The summed E-state index contributed by atoms with van der Waals surface area (Å²) in [4.78, 5) is 40.2. The monoisotopic (exact) mass is 543 g/mol. The number of hydrogen-bond acceptors (Lipinski definition) is 8. The third kappa shape index (κ3) is 7.29. The number of ether oxygens (including phenoxy) is 1. The SMILES string of the molecule is CC(C)(C)OC(=O)N1CCC[C@H]1C(=O)NCCCC#Cc1cnc(Nc2ccc3c(c2)C=NC3)nc1NC1CC1. The van der Waals surface area contributed by atoms with Gasteiger partial charge in [0, 0.05) is 37.5 Å². The third-order valence-corrected chi connectivity index (χ3v) is 6.79. The van der Waals surface area contributed by atoms with E-state index in [0.717, 1.165) is 48.4 Å². The number of unbranched alkanes of at least 4 members (excludes halogenated alkanes) is 1. The van der Waals surface area contributed by atoms with Gasteiger partial charge in [0.1, 0.15) is 17.5 Å². The Hall–Kier alpha value is -4.13. The first-order chi connectivity index (χ1) is 19.2. The van der Waals surface area contributed by atoms with Crippen LogP contribution in [0, 0.1) is 11.8 Å². The van der Waals surface area contributed by atoms with Crippen LogP contribution in [0.4, 0.5) is 22.2 Å². The highest BCUT2D eigenvalue weighted by atomic mass is 16.6. The lowest BCUT2D eigenvalue weighted by Gasteiger charge is -2.28. The number of aliphatic imine (C=N–C) groups is 1. The maximum atomic E-state index is 12.7. The van der Waals surface area contributed by atoms with Gasteiger partial charge in [0.05, 0.1) is 18.3 Å². The fourth-order valence-corrected chi connectivity index (χ4v) is 4.62. The molecule has 0 radical (unpaired) electrons. The molecule has 1 aromatic carbocycles. The normalized spacial score (nSPS) is 17.6. The quantitative estimate of drug-likeness (QED) is 0.334. The molecule has 210 valence electrons. The molecule has 10 heteroatoms. The first-order valence-electron chi connectivity index (χ1n) is 14.0. The number of anilines is 3. The molecule has 2 fully saturated rings. The summed E-state index contributed by atoms with van der Waals surface area (Å²) in [7, 11) is 0. The van der Waals surface area contributed by atoms with E-state index in [4.69, 9.17) is 9.72 Å². The Morgan fingerprint density at radius 3 is 2.85 bits per heavy atom. The molecule has 1 saturated heterocycles. The summed E-state index contributed by atoms with van der Waals surface area (Å²) in [6.45, 7) is 7.23. The van der Waals surface area contributed by atoms with Crippen molar-refractivity contribution in [3.8, 4) is 11.8 Å². The summed E-state index contributed by atoms with van der Waals surface area (Å²) in [6, 6.07) is 6.08. The highest BCUT2D eigenvalue weighted by Gasteiger charge is 2.36. The lowest BCUT2D eigenvalue weighted by molar-refractivity contribution is -0.125. The molecule has 1 aromatic heterocycles. The van der Waals surface area contributed by atoms with Gasteiger partial charge in [-0.05, 0) is 76.1 Å². The second-order valence-electron chi connectivity index (χ2n) is 11.4. The Morgan fingerprint density at radius 2 is 2.05 bits per heavy atom. The van der Waals surface area contributed by atoms with Crippen molar-refractivity contribution in [2.45, 2.75) is 83.5 Å². The summed E-state index contributed by atoms with van der Waals surface area (Å²) in [5, 5.41) is 9.71. The Morgan fingerprint density at radius 1 is 1.20 bits per heavy atom. The fraction of sp³-hybridized carbons (Fsp3) is 0.500. The van der Waals surface area contributed by atoms with Gasteiger partial charge in [-0.1, -0.05) is 17.9 Å². The summed E-state index contributed by atoms with van der Waals surface area (Å²) in [6.07, 6.45) is 8.19. The van der Waals surface area contributed by atoms with Crippen molar-refractivity contribution in [1.29, 1.82) is 0 Å². The van der Waals surface area contributed by atoms with E-state index in [2.05, 4.69) is 49.9 Å². The summed E-state index contributed by atoms with van der Waals surface area (Å²) >= 11 is 0. The number of fused-ring (bicyclic) bond motifs is 1. The van der Waals surface area contributed by atoms with Gasteiger partial charge in [0.15, 0.2) is 0 Å². The molecule has 5 rings (SSSR count). The standard InChI is InChI=1S/C30H37N7O3/c1-30(2,3)40-29(39)37-15-7-9-25(37)27(38)32-14-6-4-5-8-21-19-33-28(36-26(21)34-23-12-13-23)35-24-11-10-20-17-31-18-22(20)16-24/h10-11,16,18-19,23,25H,4,6-7,9,12-15,17H2,1-3H3,(H,32,38)(H2,33,34,35,36)/t25-/m0/s1. The topological polar surface area (TPSA) is 121 Å². The molecule has 10 nitrogen and oxygen atoms in total. The molecule has 1 atom stereocenters. The van der Waals surface area contributed by atoms with Crippen LogP contribution in [0.1, 0.15) is 76.0 Å². The molecule has 3 N–H and O–H groups in total. The summed E-state index contributed by atoms with van der Waals surface area (Å²) in [5.41, 5.74) is 3.41. The molecule has 1 aliphatic carbocycles. The van der Waals surface area contributed by atoms with Crippen LogP contribution in [0.15, 0.2) is 29.4 Å². The highest BCUT2D eigenvalue weighted by molar-refractivity contribution is 5.87. The number of aromatic nitrogens is 2. The lowest BCUT2D eigenvalue weighted by Crippen LogP contribution is -2.47. The number of benzene rings is 1. The van der Waals surface area contributed by atoms with Gasteiger partial charge >= 0.3 is 6.09 Å². The largest absolute Gasteiger partial charge is 0.444 e. The molecule has 0 bridgehead atoms. The minimum Gasteiger partial charge on any atom is -0.444 e. The molecular formula is C30H37N7O3. The van der Waals surface area contributed by atoms with E-state index in [1.165, 1.54) is 10.5 Å². The van der Waals surface area contributed by atoms with E-state index in [0.29, 0.717) is 44.3 Å². The molecule has 0 spiro atoms.